The molecule has 7 nitrogen and oxygen atoms in total. The summed E-state index contributed by atoms with van der Waals surface area (Å²) in [4.78, 5) is 32.7. The summed E-state index contributed by atoms with van der Waals surface area (Å²) < 4.78 is 20.1. The third-order valence-electron chi connectivity index (χ3n) is 2.22. The van der Waals surface area contributed by atoms with Crippen molar-refractivity contribution in [1.29, 1.82) is 0 Å². The Balaban J connectivity index is 2.62. The van der Waals surface area contributed by atoms with Crippen LogP contribution in [-0.4, -0.2) is 43.0 Å². The van der Waals surface area contributed by atoms with Crippen molar-refractivity contribution in [1.82, 2.24) is 0 Å². The third kappa shape index (κ3) is 4.70. The van der Waals surface area contributed by atoms with E-state index in [1.165, 1.54) is 20.8 Å². The highest BCUT2D eigenvalue weighted by Crippen LogP contribution is 2.21. The molecule has 0 bridgehead atoms. The van der Waals surface area contributed by atoms with E-state index >= 15 is 0 Å². The molecule has 0 spiro atoms. The molecular weight excluding hydrogens is 244 g/mol. The fourth-order valence-corrected chi connectivity index (χ4v) is 1.65. The first-order valence-corrected chi connectivity index (χ1v) is 5.51. The summed E-state index contributed by atoms with van der Waals surface area (Å²) >= 11 is 0. The quantitative estimate of drug-likeness (QED) is 0.527. The van der Waals surface area contributed by atoms with E-state index in [1.807, 2.05) is 0 Å². The minimum atomic E-state index is -0.793. The van der Waals surface area contributed by atoms with Gasteiger partial charge in [0.2, 0.25) is 6.29 Å². The molecule has 1 unspecified atom stereocenters. The number of esters is 3. The highest BCUT2D eigenvalue weighted by atomic mass is 16.7. The second-order valence-corrected chi connectivity index (χ2v) is 3.90. The molecule has 0 radical (unpaired) electrons. The Morgan fingerprint density at radius 2 is 1.39 bits per heavy atom. The number of carbonyl (C=O) groups is 3. The van der Waals surface area contributed by atoms with Gasteiger partial charge >= 0.3 is 17.9 Å². The first-order valence-electron chi connectivity index (χ1n) is 5.51. The topological polar surface area (TPSA) is 88.1 Å². The lowest BCUT2D eigenvalue weighted by molar-refractivity contribution is -0.228. The fourth-order valence-electron chi connectivity index (χ4n) is 1.65. The van der Waals surface area contributed by atoms with Crippen LogP contribution in [0.1, 0.15) is 27.2 Å². The predicted octanol–water partition coefficient (Wildman–Crippen LogP) is 0.159. The molecular formula is C11H16O7. The van der Waals surface area contributed by atoms with Crippen LogP contribution in [0.5, 0.6) is 0 Å². The molecule has 0 aromatic rings. The van der Waals surface area contributed by atoms with Gasteiger partial charge in [0.25, 0.3) is 0 Å². The second-order valence-electron chi connectivity index (χ2n) is 3.90. The van der Waals surface area contributed by atoms with Crippen molar-refractivity contribution < 1.29 is 33.3 Å². The van der Waals surface area contributed by atoms with Crippen LogP contribution in [0, 0.1) is 0 Å². The number of hydrogen-bond donors (Lipinski definition) is 0. The van der Waals surface area contributed by atoms with Gasteiger partial charge in [0.15, 0.2) is 6.10 Å². The van der Waals surface area contributed by atoms with Gasteiger partial charge in [-0.2, -0.15) is 0 Å². The van der Waals surface area contributed by atoms with Gasteiger partial charge in [-0.05, 0) is 0 Å². The van der Waals surface area contributed by atoms with Gasteiger partial charge in [0, 0.05) is 20.8 Å². The predicted molar refractivity (Wildman–Crippen MR) is 57.2 cm³/mol. The molecule has 18 heavy (non-hydrogen) atoms. The molecule has 3 atom stereocenters. The smallest absolute Gasteiger partial charge is 0.304 e. The minimum Gasteiger partial charge on any atom is -0.458 e. The Morgan fingerprint density at radius 3 is 1.89 bits per heavy atom. The van der Waals surface area contributed by atoms with Crippen molar-refractivity contribution in [3.63, 3.8) is 0 Å². The van der Waals surface area contributed by atoms with Crippen molar-refractivity contribution in [3.8, 4) is 0 Å². The van der Waals surface area contributed by atoms with E-state index < -0.39 is 36.4 Å². The number of ether oxygens (including phenoxy) is 4. The van der Waals surface area contributed by atoms with E-state index in [4.69, 9.17) is 18.9 Å². The molecule has 1 rings (SSSR count). The highest BCUT2D eigenvalue weighted by Gasteiger charge is 2.37. The molecule has 0 aromatic heterocycles. The maximum atomic E-state index is 11.0. The molecule has 0 amide bonds. The van der Waals surface area contributed by atoms with Gasteiger partial charge in [-0.3, -0.25) is 14.4 Å². The molecule has 7 heteroatoms. The van der Waals surface area contributed by atoms with Crippen molar-refractivity contribution in [2.24, 2.45) is 0 Å². The van der Waals surface area contributed by atoms with Crippen LogP contribution in [0.4, 0.5) is 0 Å². The molecule has 0 N–H and O–H groups in total. The highest BCUT2D eigenvalue weighted by molar-refractivity contribution is 5.67. The van der Waals surface area contributed by atoms with Crippen molar-refractivity contribution in [2.45, 2.75) is 45.7 Å². The Hall–Kier alpha value is -1.63. The maximum absolute atomic E-state index is 11.0. The summed E-state index contributed by atoms with van der Waals surface area (Å²) in [6.45, 7) is 3.77. The van der Waals surface area contributed by atoms with Crippen molar-refractivity contribution in [3.05, 3.63) is 0 Å². The zero-order chi connectivity index (χ0) is 13.7. The summed E-state index contributed by atoms with van der Waals surface area (Å²) in [6, 6.07) is 0. The Kier molecular flexibility index (Phi) is 5.08. The summed E-state index contributed by atoms with van der Waals surface area (Å²) in [7, 11) is 0. The van der Waals surface area contributed by atoms with Crippen LogP contribution in [0.2, 0.25) is 0 Å². The van der Waals surface area contributed by atoms with Crippen LogP contribution in [-0.2, 0) is 33.3 Å². The normalized spacial score (nSPS) is 27.2. The largest absolute Gasteiger partial charge is 0.458 e. The van der Waals surface area contributed by atoms with Crippen molar-refractivity contribution in [2.75, 3.05) is 6.61 Å². The first kappa shape index (κ1) is 14.4. The lowest BCUT2D eigenvalue weighted by Gasteiger charge is -2.34. The van der Waals surface area contributed by atoms with Crippen LogP contribution in [0.15, 0.2) is 0 Å². The van der Waals surface area contributed by atoms with Gasteiger partial charge in [-0.1, -0.05) is 0 Å². The zero-order valence-corrected chi connectivity index (χ0v) is 10.5. The molecule has 1 saturated heterocycles. The first-order chi connectivity index (χ1) is 8.38. The molecule has 0 saturated carbocycles. The van der Waals surface area contributed by atoms with Crippen LogP contribution in [0.3, 0.4) is 0 Å². The minimum absolute atomic E-state index is 0.00940. The van der Waals surface area contributed by atoms with Gasteiger partial charge in [-0.15, -0.1) is 0 Å². The molecule has 1 heterocycles. The molecule has 0 aliphatic carbocycles. The number of hydrogen-bond acceptors (Lipinski definition) is 7. The molecule has 102 valence electrons. The number of rotatable bonds is 3. The summed E-state index contributed by atoms with van der Waals surface area (Å²) in [5, 5.41) is 0. The summed E-state index contributed by atoms with van der Waals surface area (Å²) in [5.74, 6) is -1.49. The average Bonchev–Trinajstić information content (AvgIpc) is 2.19. The summed E-state index contributed by atoms with van der Waals surface area (Å²) in [5.41, 5.74) is 0. The fraction of sp³-hybridized carbons (Fsp3) is 0.727. The third-order valence-corrected chi connectivity index (χ3v) is 2.22. The molecule has 1 aliphatic rings. The van der Waals surface area contributed by atoms with Crippen LogP contribution < -0.4 is 0 Å². The Morgan fingerprint density at radius 1 is 0.889 bits per heavy atom. The van der Waals surface area contributed by atoms with Crippen molar-refractivity contribution >= 4 is 17.9 Å². The van der Waals surface area contributed by atoms with E-state index in [-0.39, 0.29) is 13.0 Å². The second kappa shape index (κ2) is 6.34. The van der Waals surface area contributed by atoms with Crippen LogP contribution >= 0.6 is 0 Å². The monoisotopic (exact) mass is 260 g/mol. The SMILES string of the molecule is CC(=O)OC1C[C@H](OC(C)=O)[C@H](OC(C)=O)CO1. The van der Waals surface area contributed by atoms with E-state index in [9.17, 15) is 14.4 Å². The standard InChI is InChI=1S/C11H16O7/c1-6(12)16-9-4-11(18-8(3)14)15-5-10(9)17-7(2)13/h9-11H,4-5H2,1-3H3/t9-,10+,11?/m0/s1. The lowest BCUT2D eigenvalue weighted by atomic mass is 10.1. The van der Waals surface area contributed by atoms with Gasteiger partial charge in [0.05, 0.1) is 13.0 Å². The average molecular weight is 260 g/mol. The zero-order valence-electron chi connectivity index (χ0n) is 10.5. The molecule has 0 aromatic carbocycles. The number of carbonyl (C=O) groups excluding carboxylic acids is 3. The Labute approximate surface area is 104 Å². The van der Waals surface area contributed by atoms with E-state index in [0.717, 1.165) is 0 Å². The lowest BCUT2D eigenvalue weighted by Crippen LogP contribution is -2.46. The van der Waals surface area contributed by atoms with E-state index in [0.29, 0.717) is 0 Å². The maximum Gasteiger partial charge on any atom is 0.304 e. The van der Waals surface area contributed by atoms with E-state index in [2.05, 4.69) is 0 Å². The molecule has 1 aliphatic heterocycles. The molecule has 1 fully saturated rings. The van der Waals surface area contributed by atoms with Crippen LogP contribution in [0.25, 0.3) is 0 Å². The van der Waals surface area contributed by atoms with Gasteiger partial charge in [0.1, 0.15) is 6.10 Å². The van der Waals surface area contributed by atoms with Gasteiger partial charge < -0.3 is 18.9 Å². The Bertz CT molecular complexity index is 338. The van der Waals surface area contributed by atoms with E-state index in [1.54, 1.807) is 0 Å². The van der Waals surface area contributed by atoms with Gasteiger partial charge in [-0.25, -0.2) is 0 Å². The summed E-state index contributed by atoms with van der Waals surface area (Å²) in [6.07, 6.45) is -2.02.